The van der Waals surface area contributed by atoms with Gasteiger partial charge in [0.15, 0.2) is 5.82 Å². The van der Waals surface area contributed by atoms with Gasteiger partial charge in [0.1, 0.15) is 29.3 Å². The van der Waals surface area contributed by atoms with Crippen LogP contribution in [0.1, 0.15) is 25.8 Å². The van der Waals surface area contributed by atoms with Gasteiger partial charge in [-0.15, -0.1) is 11.3 Å². The van der Waals surface area contributed by atoms with Crippen LogP contribution in [0.25, 0.3) is 21.9 Å². The minimum atomic E-state index is -0.188. The first-order valence-corrected chi connectivity index (χ1v) is 8.24. The van der Waals surface area contributed by atoms with Crippen molar-refractivity contribution < 1.29 is 4.52 Å². The van der Waals surface area contributed by atoms with Crippen molar-refractivity contribution in [2.24, 2.45) is 5.92 Å². The van der Waals surface area contributed by atoms with Crippen molar-refractivity contribution in [3.8, 4) is 11.6 Å². The topological polar surface area (TPSA) is 118 Å². The van der Waals surface area contributed by atoms with Crippen molar-refractivity contribution in [1.29, 1.82) is 0 Å². The fraction of sp³-hybridized carbons (Fsp3) is 0.286. The number of aromatic nitrogens is 7. The number of H-pyrrole nitrogens is 1. The molecule has 0 radical (unpaired) electrons. The summed E-state index contributed by atoms with van der Waals surface area (Å²) in [4.78, 5) is 18.0. The summed E-state index contributed by atoms with van der Waals surface area (Å²) in [5, 5.41) is 16.8. The molecule has 0 fully saturated rings. The maximum atomic E-state index is 5.43. The molecule has 0 aliphatic heterocycles. The molecule has 0 amide bonds. The monoisotopic (exact) mass is 342 g/mol. The molecule has 10 heteroatoms. The Morgan fingerprint density at radius 3 is 2.92 bits per heavy atom. The van der Waals surface area contributed by atoms with Gasteiger partial charge in [0.25, 0.3) is 0 Å². The molecule has 4 aromatic heterocycles. The zero-order chi connectivity index (χ0) is 16.5. The minimum Gasteiger partial charge on any atom is -0.358 e. The van der Waals surface area contributed by atoms with E-state index in [2.05, 4.69) is 54.5 Å². The van der Waals surface area contributed by atoms with Crippen molar-refractivity contribution in [2.45, 2.75) is 19.9 Å². The Morgan fingerprint density at radius 2 is 2.12 bits per heavy atom. The largest absolute Gasteiger partial charge is 0.358 e. The normalized spacial score (nSPS) is 12.8. The van der Waals surface area contributed by atoms with Gasteiger partial charge in [-0.1, -0.05) is 19.0 Å². The summed E-state index contributed by atoms with van der Waals surface area (Å²) >= 11 is 1.57. The van der Waals surface area contributed by atoms with Crippen LogP contribution >= 0.6 is 11.3 Å². The van der Waals surface area contributed by atoms with Crippen LogP contribution in [0.4, 0.5) is 5.82 Å². The van der Waals surface area contributed by atoms with Crippen LogP contribution < -0.4 is 5.32 Å². The van der Waals surface area contributed by atoms with Crippen LogP contribution in [0.2, 0.25) is 0 Å². The Bertz CT molecular complexity index is 945. The van der Waals surface area contributed by atoms with Gasteiger partial charge < -0.3 is 9.84 Å². The molecule has 1 unspecified atom stereocenters. The van der Waals surface area contributed by atoms with Gasteiger partial charge in [-0.2, -0.15) is 10.1 Å². The summed E-state index contributed by atoms with van der Waals surface area (Å²) < 4.78 is 5.43. The molecular formula is C14H14N8OS. The highest BCUT2D eigenvalue weighted by atomic mass is 32.1. The lowest BCUT2D eigenvalue weighted by Gasteiger charge is -2.19. The van der Waals surface area contributed by atoms with Gasteiger partial charge in [-0.05, 0) is 17.4 Å². The maximum absolute atomic E-state index is 5.43. The lowest BCUT2D eigenvalue weighted by atomic mass is 10.0. The number of nitrogens with one attached hydrogen (secondary N) is 2. The van der Waals surface area contributed by atoms with Gasteiger partial charge >= 0.3 is 0 Å². The first-order chi connectivity index (χ1) is 11.7. The van der Waals surface area contributed by atoms with E-state index in [0.29, 0.717) is 17.5 Å². The van der Waals surface area contributed by atoms with Crippen LogP contribution in [0, 0.1) is 5.92 Å². The second kappa shape index (κ2) is 5.96. The van der Waals surface area contributed by atoms with Crippen LogP contribution in [0.5, 0.6) is 0 Å². The van der Waals surface area contributed by atoms with E-state index in [9.17, 15) is 0 Å². The van der Waals surface area contributed by atoms with Gasteiger partial charge in [0.05, 0.1) is 5.39 Å². The van der Waals surface area contributed by atoms with E-state index in [4.69, 9.17) is 4.52 Å². The fourth-order valence-electron chi connectivity index (χ4n) is 2.34. The molecule has 0 aliphatic carbocycles. The molecule has 0 aliphatic rings. The smallest absolute Gasteiger partial charge is 0.249 e. The van der Waals surface area contributed by atoms with E-state index < -0.39 is 0 Å². The number of nitrogens with zero attached hydrogens (tertiary/aromatic N) is 6. The number of hydrogen-bond donors (Lipinski definition) is 2. The van der Waals surface area contributed by atoms with E-state index in [-0.39, 0.29) is 12.0 Å². The average molecular weight is 342 g/mol. The molecule has 0 saturated carbocycles. The SMILES string of the molecule is CC(C)C(Nc1ncnc2sccc12)c1nc(-c2ncn[nH]2)no1. The van der Waals surface area contributed by atoms with E-state index >= 15 is 0 Å². The fourth-order valence-corrected chi connectivity index (χ4v) is 3.07. The van der Waals surface area contributed by atoms with Crippen LogP contribution in [0.3, 0.4) is 0 Å². The van der Waals surface area contributed by atoms with Gasteiger partial charge in [-0.3, -0.25) is 5.10 Å². The lowest BCUT2D eigenvalue weighted by Crippen LogP contribution is -2.18. The number of hydrogen-bond acceptors (Lipinski definition) is 9. The molecule has 9 nitrogen and oxygen atoms in total. The summed E-state index contributed by atoms with van der Waals surface area (Å²) in [6.45, 7) is 4.14. The molecule has 122 valence electrons. The molecule has 2 N–H and O–H groups in total. The number of rotatable bonds is 5. The Labute approximate surface area is 140 Å². The molecule has 0 aromatic carbocycles. The summed E-state index contributed by atoms with van der Waals surface area (Å²) in [6.07, 6.45) is 2.95. The zero-order valence-electron chi connectivity index (χ0n) is 13.0. The van der Waals surface area contributed by atoms with Crippen molar-refractivity contribution >= 4 is 27.4 Å². The average Bonchev–Trinajstić information content (AvgIpc) is 3.31. The standard InChI is InChI=1S/C14H14N8OS/c1-7(2)9(13-20-12(22-23-13)11-16-6-18-21-11)19-10-8-3-4-24-14(8)17-5-15-10/h3-7,9H,1-2H3,(H,15,17,19)(H,16,18,21). The number of fused-ring (bicyclic) bond motifs is 1. The Balaban J connectivity index is 1.67. The maximum Gasteiger partial charge on any atom is 0.249 e. The predicted molar refractivity (Wildman–Crippen MR) is 88.3 cm³/mol. The minimum absolute atomic E-state index is 0.188. The van der Waals surface area contributed by atoms with Gasteiger partial charge in [-0.25, -0.2) is 15.0 Å². The molecule has 1 atom stereocenters. The van der Waals surface area contributed by atoms with E-state index in [0.717, 1.165) is 16.0 Å². The molecule has 4 aromatic rings. The highest BCUT2D eigenvalue weighted by Crippen LogP contribution is 2.30. The van der Waals surface area contributed by atoms with Crippen LogP contribution in [-0.2, 0) is 0 Å². The van der Waals surface area contributed by atoms with Gasteiger partial charge in [0, 0.05) is 0 Å². The van der Waals surface area contributed by atoms with Gasteiger partial charge in [0.2, 0.25) is 11.7 Å². The van der Waals surface area contributed by atoms with Crippen molar-refractivity contribution in [2.75, 3.05) is 5.32 Å². The second-order valence-electron chi connectivity index (χ2n) is 5.52. The summed E-state index contributed by atoms with van der Waals surface area (Å²) in [7, 11) is 0. The molecular weight excluding hydrogens is 328 g/mol. The third-order valence-electron chi connectivity index (χ3n) is 3.56. The summed E-state index contributed by atoms with van der Waals surface area (Å²) in [5.74, 6) is 2.27. The molecule has 24 heavy (non-hydrogen) atoms. The quantitative estimate of drug-likeness (QED) is 0.568. The van der Waals surface area contributed by atoms with Crippen molar-refractivity contribution in [1.82, 2.24) is 35.3 Å². The molecule has 0 bridgehead atoms. The Hall–Kier alpha value is -2.88. The molecule has 0 saturated heterocycles. The third-order valence-corrected chi connectivity index (χ3v) is 4.38. The summed E-state index contributed by atoms with van der Waals surface area (Å²) in [6, 6.07) is 1.81. The number of thiophene rings is 1. The molecule has 0 spiro atoms. The predicted octanol–water partition coefficient (Wildman–Crippen LogP) is 2.67. The first-order valence-electron chi connectivity index (χ1n) is 7.36. The second-order valence-corrected chi connectivity index (χ2v) is 6.41. The lowest BCUT2D eigenvalue weighted by molar-refractivity contribution is 0.335. The molecule has 4 rings (SSSR count). The molecule has 4 heterocycles. The Kier molecular flexibility index (Phi) is 3.65. The third kappa shape index (κ3) is 2.60. The number of anilines is 1. The van der Waals surface area contributed by atoms with E-state index in [1.54, 1.807) is 17.7 Å². The van der Waals surface area contributed by atoms with E-state index in [1.807, 2.05) is 11.4 Å². The Morgan fingerprint density at radius 1 is 1.21 bits per heavy atom. The number of aromatic amines is 1. The van der Waals surface area contributed by atoms with Crippen LogP contribution in [0.15, 0.2) is 28.6 Å². The summed E-state index contributed by atoms with van der Waals surface area (Å²) in [5.41, 5.74) is 0. The zero-order valence-corrected chi connectivity index (χ0v) is 13.8. The highest BCUT2D eigenvalue weighted by Gasteiger charge is 2.25. The van der Waals surface area contributed by atoms with E-state index in [1.165, 1.54) is 6.33 Å². The first kappa shape index (κ1) is 14.7. The highest BCUT2D eigenvalue weighted by molar-refractivity contribution is 7.16. The van der Waals surface area contributed by atoms with Crippen LogP contribution in [-0.4, -0.2) is 35.3 Å². The van der Waals surface area contributed by atoms with Crippen molar-refractivity contribution in [3.63, 3.8) is 0 Å². The van der Waals surface area contributed by atoms with Crippen molar-refractivity contribution in [3.05, 3.63) is 30.0 Å².